The number of aromatic nitrogens is 1. The van der Waals surface area contributed by atoms with Crippen LogP contribution in [0.4, 0.5) is 0 Å². The van der Waals surface area contributed by atoms with Gasteiger partial charge in [0.2, 0.25) is 0 Å². The van der Waals surface area contributed by atoms with Crippen LogP contribution in [0.2, 0.25) is 0 Å². The molecule has 0 aliphatic carbocycles. The predicted octanol–water partition coefficient (Wildman–Crippen LogP) is 5.40. The topological polar surface area (TPSA) is 51.2 Å². The van der Waals surface area contributed by atoms with Gasteiger partial charge in [-0.25, -0.2) is 0 Å². The van der Waals surface area contributed by atoms with E-state index in [0.29, 0.717) is 11.3 Å². The van der Waals surface area contributed by atoms with Crippen molar-refractivity contribution in [1.82, 2.24) is 10.3 Å². The standard InChI is InChI=1S/C25H22N2O2/c1-17(21-9-5-7-19-6-3-4-8-22(19)21)27-25(28)23-11-10-20(16-24(23)29-2)18-12-14-26-15-13-18/h3-17H,1-2H3,(H,27,28)/t17-/m1/s1. The van der Waals surface area contributed by atoms with E-state index >= 15 is 0 Å². The van der Waals surface area contributed by atoms with Crippen LogP contribution in [-0.2, 0) is 0 Å². The van der Waals surface area contributed by atoms with Gasteiger partial charge in [0.1, 0.15) is 5.75 Å². The lowest BCUT2D eigenvalue weighted by Crippen LogP contribution is -2.27. The van der Waals surface area contributed by atoms with Crippen LogP contribution in [0.25, 0.3) is 21.9 Å². The number of carbonyl (C=O) groups excluding carboxylic acids is 1. The Morgan fingerprint density at radius 3 is 2.48 bits per heavy atom. The van der Waals surface area contributed by atoms with E-state index in [1.807, 2.05) is 49.4 Å². The van der Waals surface area contributed by atoms with Gasteiger partial charge in [-0.05, 0) is 58.7 Å². The molecule has 1 heterocycles. The molecule has 0 unspecified atom stereocenters. The Hall–Kier alpha value is -3.66. The van der Waals surface area contributed by atoms with Gasteiger partial charge >= 0.3 is 0 Å². The summed E-state index contributed by atoms with van der Waals surface area (Å²) < 4.78 is 5.51. The third-order valence-electron chi connectivity index (χ3n) is 5.10. The van der Waals surface area contributed by atoms with Crippen LogP contribution < -0.4 is 10.1 Å². The number of hydrogen-bond acceptors (Lipinski definition) is 3. The van der Waals surface area contributed by atoms with Crippen LogP contribution in [0.5, 0.6) is 5.75 Å². The van der Waals surface area contributed by atoms with Gasteiger partial charge in [0.05, 0.1) is 18.7 Å². The number of benzene rings is 3. The lowest BCUT2D eigenvalue weighted by atomic mass is 9.99. The molecular weight excluding hydrogens is 360 g/mol. The van der Waals surface area contributed by atoms with Crippen LogP contribution in [0.3, 0.4) is 0 Å². The molecule has 0 saturated heterocycles. The maximum atomic E-state index is 13.0. The highest BCUT2D eigenvalue weighted by Crippen LogP contribution is 2.28. The lowest BCUT2D eigenvalue weighted by Gasteiger charge is -2.18. The van der Waals surface area contributed by atoms with E-state index in [2.05, 4.69) is 34.6 Å². The first kappa shape index (κ1) is 18.7. The zero-order chi connectivity index (χ0) is 20.2. The molecule has 0 aliphatic heterocycles. The molecule has 0 radical (unpaired) electrons. The Morgan fingerprint density at radius 2 is 1.69 bits per heavy atom. The van der Waals surface area contributed by atoms with E-state index in [-0.39, 0.29) is 11.9 Å². The van der Waals surface area contributed by atoms with Gasteiger partial charge in [0.25, 0.3) is 5.91 Å². The van der Waals surface area contributed by atoms with Crippen LogP contribution >= 0.6 is 0 Å². The Balaban J connectivity index is 1.61. The van der Waals surface area contributed by atoms with Gasteiger partial charge in [-0.2, -0.15) is 0 Å². The summed E-state index contributed by atoms with van der Waals surface area (Å²) in [5.41, 5.74) is 3.60. The quantitative estimate of drug-likeness (QED) is 0.503. The third-order valence-corrected chi connectivity index (χ3v) is 5.10. The highest BCUT2D eigenvalue weighted by molar-refractivity contribution is 5.98. The average Bonchev–Trinajstić information content (AvgIpc) is 2.78. The van der Waals surface area contributed by atoms with Gasteiger partial charge in [-0.15, -0.1) is 0 Å². The Labute approximate surface area is 170 Å². The largest absolute Gasteiger partial charge is 0.496 e. The first-order valence-corrected chi connectivity index (χ1v) is 9.54. The summed E-state index contributed by atoms with van der Waals surface area (Å²) in [6.45, 7) is 2.00. The van der Waals surface area contributed by atoms with E-state index in [4.69, 9.17) is 4.74 Å². The molecule has 0 saturated carbocycles. The van der Waals surface area contributed by atoms with Crippen molar-refractivity contribution in [3.63, 3.8) is 0 Å². The number of nitrogens with zero attached hydrogens (tertiary/aromatic N) is 1. The van der Waals surface area contributed by atoms with Crippen molar-refractivity contribution in [2.24, 2.45) is 0 Å². The Kier molecular flexibility index (Phi) is 5.25. The highest BCUT2D eigenvalue weighted by atomic mass is 16.5. The number of nitrogens with one attached hydrogen (secondary N) is 1. The van der Waals surface area contributed by atoms with E-state index in [9.17, 15) is 4.79 Å². The summed E-state index contributed by atoms with van der Waals surface area (Å²) in [7, 11) is 1.58. The molecule has 1 atom stereocenters. The number of fused-ring (bicyclic) bond motifs is 1. The van der Waals surface area contributed by atoms with Crippen molar-refractivity contribution in [3.8, 4) is 16.9 Å². The molecule has 1 amide bonds. The van der Waals surface area contributed by atoms with Gasteiger partial charge in [0.15, 0.2) is 0 Å². The second kappa shape index (κ2) is 8.15. The van der Waals surface area contributed by atoms with Gasteiger partial charge < -0.3 is 10.1 Å². The molecule has 3 aromatic carbocycles. The summed E-state index contributed by atoms with van der Waals surface area (Å²) in [5, 5.41) is 5.41. The third kappa shape index (κ3) is 3.83. The fraction of sp³-hybridized carbons (Fsp3) is 0.120. The molecule has 4 aromatic rings. The van der Waals surface area contributed by atoms with Crippen molar-refractivity contribution >= 4 is 16.7 Å². The van der Waals surface area contributed by atoms with E-state index in [1.165, 1.54) is 0 Å². The van der Waals surface area contributed by atoms with Gasteiger partial charge in [0, 0.05) is 12.4 Å². The van der Waals surface area contributed by atoms with E-state index < -0.39 is 0 Å². The summed E-state index contributed by atoms with van der Waals surface area (Å²) in [6.07, 6.45) is 3.49. The molecule has 0 spiro atoms. The maximum absolute atomic E-state index is 13.0. The van der Waals surface area contributed by atoms with E-state index in [1.54, 1.807) is 25.6 Å². The molecule has 29 heavy (non-hydrogen) atoms. The number of rotatable bonds is 5. The molecule has 1 N–H and O–H groups in total. The number of amides is 1. The molecule has 0 fully saturated rings. The molecule has 144 valence electrons. The molecule has 1 aromatic heterocycles. The Morgan fingerprint density at radius 1 is 0.931 bits per heavy atom. The fourth-order valence-corrected chi connectivity index (χ4v) is 3.58. The number of ether oxygens (including phenoxy) is 1. The molecule has 4 nitrogen and oxygen atoms in total. The number of hydrogen-bond donors (Lipinski definition) is 1. The van der Waals surface area contributed by atoms with Crippen molar-refractivity contribution in [3.05, 3.63) is 96.3 Å². The molecule has 0 bridgehead atoms. The van der Waals surface area contributed by atoms with Gasteiger partial charge in [-0.1, -0.05) is 48.5 Å². The zero-order valence-corrected chi connectivity index (χ0v) is 16.4. The number of methoxy groups -OCH3 is 1. The number of pyridine rings is 1. The summed E-state index contributed by atoms with van der Waals surface area (Å²) in [6, 6.07) is 23.7. The van der Waals surface area contributed by atoms with Crippen molar-refractivity contribution < 1.29 is 9.53 Å². The minimum absolute atomic E-state index is 0.141. The predicted molar refractivity (Wildman–Crippen MR) is 116 cm³/mol. The minimum Gasteiger partial charge on any atom is -0.496 e. The van der Waals surface area contributed by atoms with Crippen LogP contribution in [0.15, 0.2) is 85.2 Å². The highest BCUT2D eigenvalue weighted by Gasteiger charge is 2.17. The van der Waals surface area contributed by atoms with Crippen molar-refractivity contribution in [2.45, 2.75) is 13.0 Å². The zero-order valence-electron chi connectivity index (χ0n) is 16.4. The normalized spacial score (nSPS) is 11.8. The molecular formula is C25H22N2O2. The monoisotopic (exact) mass is 382 g/mol. The van der Waals surface area contributed by atoms with E-state index in [0.717, 1.165) is 27.5 Å². The summed E-state index contributed by atoms with van der Waals surface area (Å²) in [5.74, 6) is 0.380. The maximum Gasteiger partial charge on any atom is 0.255 e. The molecule has 0 aliphatic rings. The summed E-state index contributed by atoms with van der Waals surface area (Å²) >= 11 is 0. The SMILES string of the molecule is COc1cc(-c2ccncc2)ccc1C(=O)N[C@H](C)c1cccc2ccccc12. The first-order valence-electron chi connectivity index (χ1n) is 9.54. The molecule has 4 heteroatoms. The van der Waals surface area contributed by atoms with Crippen LogP contribution in [0, 0.1) is 0 Å². The smallest absolute Gasteiger partial charge is 0.255 e. The second-order valence-electron chi connectivity index (χ2n) is 6.91. The van der Waals surface area contributed by atoms with Crippen LogP contribution in [0.1, 0.15) is 28.9 Å². The summed E-state index contributed by atoms with van der Waals surface area (Å²) in [4.78, 5) is 17.0. The molecule has 4 rings (SSSR count). The van der Waals surface area contributed by atoms with Crippen molar-refractivity contribution in [1.29, 1.82) is 0 Å². The van der Waals surface area contributed by atoms with Crippen LogP contribution in [-0.4, -0.2) is 18.0 Å². The lowest BCUT2D eigenvalue weighted by molar-refractivity contribution is 0.0937. The fourth-order valence-electron chi connectivity index (χ4n) is 3.58. The van der Waals surface area contributed by atoms with Crippen molar-refractivity contribution in [2.75, 3.05) is 7.11 Å². The average molecular weight is 382 g/mol. The second-order valence-corrected chi connectivity index (χ2v) is 6.91. The first-order chi connectivity index (χ1) is 14.2. The number of carbonyl (C=O) groups is 1. The van der Waals surface area contributed by atoms with Gasteiger partial charge in [-0.3, -0.25) is 9.78 Å². The Bertz CT molecular complexity index is 1150. The minimum atomic E-state index is -0.163.